The van der Waals surface area contributed by atoms with E-state index in [1.807, 2.05) is 0 Å². The molecule has 0 saturated heterocycles. The number of alkyl halides is 1. The normalized spacial score (nSPS) is 29.6. The van der Waals surface area contributed by atoms with E-state index in [1.54, 1.807) is 0 Å². The largest absolute Gasteiger partial charge is 0.748 e. The number of allylic oxidation sites excluding steroid dienone is 6. The minimum Gasteiger partial charge on any atom is -0.748 e. The van der Waals surface area contributed by atoms with E-state index in [9.17, 15) is 0 Å². The highest BCUT2D eigenvalue weighted by atomic mass is 35.5. The number of rotatable bonds is 0. The molecule has 0 aromatic heterocycles. The van der Waals surface area contributed by atoms with E-state index in [0.717, 1.165) is 24.3 Å². The van der Waals surface area contributed by atoms with Crippen molar-refractivity contribution in [2.24, 2.45) is 0 Å². The topological polar surface area (TPSA) is 57.2 Å². The average molecular weight is 294 g/mol. The molecule has 0 bridgehead atoms. The molecule has 94 valence electrons. The molecule has 6 heteroatoms. The molecule has 0 N–H and O–H groups in total. The van der Waals surface area contributed by atoms with Gasteiger partial charge < -0.3 is 4.55 Å². The number of hydrogen-bond acceptors (Lipinski definition) is 3. The van der Waals surface area contributed by atoms with Gasteiger partial charge in [-0.15, -0.1) is 11.6 Å². The number of fused-ring (bicyclic) bond motifs is 2. The Morgan fingerprint density at radius 1 is 1.41 bits per heavy atom. The molecule has 3 nitrogen and oxygen atoms in total. The maximum absolute atomic E-state index is 9.08. The molecule has 1 atom stereocenters. The van der Waals surface area contributed by atoms with Crippen LogP contribution in [0.3, 0.4) is 0 Å². The quantitative estimate of drug-likeness (QED) is 0.510. The Hall–Kier alpha value is -0.290. The predicted molar refractivity (Wildman–Crippen MR) is 67.1 cm³/mol. The van der Waals surface area contributed by atoms with E-state index >= 15 is 0 Å². The summed E-state index contributed by atoms with van der Waals surface area (Å²) in [6.45, 7) is 0. The summed E-state index contributed by atoms with van der Waals surface area (Å²) in [6.07, 6.45) is 7.89. The Kier molecular flexibility index (Phi) is 3.19. The van der Waals surface area contributed by atoms with Gasteiger partial charge in [-0.1, -0.05) is 17.7 Å². The molecule has 0 aromatic carbocycles. The van der Waals surface area contributed by atoms with Crippen LogP contribution in [0.2, 0.25) is 0 Å². The summed E-state index contributed by atoms with van der Waals surface area (Å²) in [7, 11) is -3.92. The Labute approximate surface area is 111 Å². The Morgan fingerprint density at radius 2 is 2.00 bits per heavy atom. The highest BCUT2D eigenvalue weighted by Gasteiger charge is 2.54. The molecule has 0 radical (unpaired) electrons. The maximum Gasteiger partial charge on any atom is 0.0916 e. The first-order chi connectivity index (χ1) is 7.69. The third kappa shape index (κ3) is 3.13. The first kappa shape index (κ1) is 13.1. The van der Waals surface area contributed by atoms with E-state index < -0.39 is 10.1 Å². The molecular weight excluding hydrogens is 283 g/mol. The fourth-order valence-corrected chi connectivity index (χ4v) is 2.70. The summed E-state index contributed by atoms with van der Waals surface area (Å²) in [4.78, 5) is 0.0131. The fourth-order valence-electron chi connectivity index (χ4n) is 2.13. The van der Waals surface area contributed by atoms with E-state index in [0.29, 0.717) is 6.26 Å². The lowest BCUT2D eigenvalue weighted by Crippen LogP contribution is -1.96. The van der Waals surface area contributed by atoms with E-state index in [-0.39, 0.29) is 4.87 Å². The third-order valence-corrected chi connectivity index (χ3v) is 3.62. The molecule has 3 aliphatic rings. The molecule has 0 amide bonds. The van der Waals surface area contributed by atoms with Crippen LogP contribution in [-0.4, -0.2) is 24.1 Å². The van der Waals surface area contributed by atoms with Gasteiger partial charge in [0.05, 0.1) is 15.0 Å². The van der Waals surface area contributed by atoms with Gasteiger partial charge >= 0.3 is 0 Å². The lowest BCUT2D eigenvalue weighted by molar-refractivity contribution is 0.470. The fraction of sp³-hybridized carbons (Fsp3) is 0.455. The van der Waals surface area contributed by atoms with Crippen LogP contribution in [0.25, 0.3) is 0 Å². The van der Waals surface area contributed by atoms with Gasteiger partial charge in [-0.2, -0.15) is 0 Å². The van der Waals surface area contributed by atoms with Crippen LogP contribution in [0.5, 0.6) is 0 Å². The van der Waals surface area contributed by atoms with Crippen LogP contribution in [0.15, 0.2) is 33.9 Å². The Balaban J connectivity index is 0.000000188. The summed E-state index contributed by atoms with van der Waals surface area (Å²) in [5.74, 6) is 0. The predicted octanol–water partition coefficient (Wildman–Crippen LogP) is 2.68. The van der Waals surface area contributed by atoms with Gasteiger partial charge in [0, 0.05) is 17.7 Å². The van der Waals surface area contributed by atoms with Crippen molar-refractivity contribution in [2.45, 2.75) is 24.1 Å². The zero-order chi connectivity index (χ0) is 12.8. The smallest absolute Gasteiger partial charge is 0.0916 e. The van der Waals surface area contributed by atoms with Crippen molar-refractivity contribution in [3.8, 4) is 0 Å². The zero-order valence-corrected chi connectivity index (χ0v) is 11.5. The van der Waals surface area contributed by atoms with Crippen molar-refractivity contribution in [3.63, 3.8) is 0 Å². The molecule has 0 heterocycles. The van der Waals surface area contributed by atoms with E-state index in [2.05, 4.69) is 12.2 Å². The van der Waals surface area contributed by atoms with Crippen LogP contribution in [0.4, 0.5) is 0 Å². The first-order valence-electron chi connectivity index (χ1n) is 5.08. The number of hydrogen-bond donors (Lipinski definition) is 0. The lowest BCUT2D eigenvalue weighted by atomic mass is 9.99. The first-order valence-corrected chi connectivity index (χ1v) is 7.65. The summed E-state index contributed by atoms with van der Waals surface area (Å²) in [5.41, 5.74) is 4.16. The minimum absolute atomic E-state index is 0.0131. The third-order valence-electron chi connectivity index (χ3n) is 2.86. The van der Waals surface area contributed by atoms with Crippen molar-refractivity contribution in [1.82, 2.24) is 0 Å². The summed E-state index contributed by atoms with van der Waals surface area (Å²) < 4.78 is 27.2. The molecule has 0 aromatic rings. The van der Waals surface area contributed by atoms with Crippen molar-refractivity contribution < 1.29 is 13.0 Å². The van der Waals surface area contributed by atoms with Gasteiger partial charge in [-0.05, 0) is 35.6 Å². The highest BCUT2D eigenvalue weighted by Crippen LogP contribution is 2.62. The summed E-state index contributed by atoms with van der Waals surface area (Å²) in [5, 5.41) is 0.939. The molecule has 1 saturated carbocycles. The average Bonchev–Trinajstić information content (AvgIpc) is 2.71. The van der Waals surface area contributed by atoms with Crippen molar-refractivity contribution in [1.29, 1.82) is 0 Å². The van der Waals surface area contributed by atoms with Crippen LogP contribution >= 0.6 is 23.2 Å². The van der Waals surface area contributed by atoms with Crippen LogP contribution in [-0.2, 0) is 10.1 Å². The maximum atomic E-state index is 9.08. The van der Waals surface area contributed by atoms with Crippen LogP contribution in [0, 0.1) is 0 Å². The molecule has 17 heavy (non-hydrogen) atoms. The molecule has 3 aliphatic carbocycles. The second-order valence-electron chi connectivity index (χ2n) is 4.44. The molecular formula is C11H11Cl2O3S-. The summed E-state index contributed by atoms with van der Waals surface area (Å²) in [6, 6.07) is 0. The van der Waals surface area contributed by atoms with E-state index in [4.69, 9.17) is 36.2 Å². The SMILES string of the molecule is CS(=O)(=O)[O-].ClC1=CC2=C3CC3(Cl)CC2=CC1. The van der Waals surface area contributed by atoms with Gasteiger partial charge in [-0.25, -0.2) is 8.42 Å². The molecule has 1 fully saturated rings. The van der Waals surface area contributed by atoms with Crippen LogP contribution < -0.4 is 0 Å². The molecule has 0 spiro atoms. The summed E-state index contributed by atoms with van der Waals surface area (Å²) >= 11 is 12.2. The van der Waals surface area contributed by atoms with Gasteiger partial charge in [0.25, 0.3) is 0 Å². The number of halogens is 2. The molecule has 1 unspecified atom stereocenters. The van der Waals surface area contributed by atoms with Gasteiger partial charge in [0.2, 0.25) is 0 Å². The standard InChI is InChI=1S/C10H8Cl2.CH4O3S/c11-7-2-1-6-4-10(12)5-9(10)8(6)3-7;1-5(2,3)4/h1,3H,2,4-5H2;1H3,(H,2,3,4)/p-1. The van der Waals surface area contributed by atoms with Crippen molar-refractivity contribution in [3.05, 3.63) is 33.9 Å². The minimum atomic E-state index is -3.92. The van der Waals surface area contributed by atoms with Gasteiger partial charge in [0.1, 0.15) is 0 Å². The van der Waals surface area contributed by atoms with Gasteiger partial charge in [0.15, 0.2) is 0 Å². The second kappa shape index (κ2) is 4.12. The lowest BCUT2D eigenvalue weighted by Gasteiger charge is -2.10. The Morgan fingerprint density at radius 3 is 2.59 bits per heavy atom. The van der Waals surface area contributed by atoms with Crippen molar-refractivity contribution >= 4 is 33.3 Å². The monoisotopic (exact) mass is 293 g/mol. The van der Waals surface area contributed by atoms with E-state index in [1.165, 1.54) is 16.7 Å². The van der Waals surface area contributed by atoms with Gasteiger partial charge in [-0.3, -0.25) is 0 Å². The highest BCUT2D eigenvalue weighted by molar-refractivity contribution is 7.84. The second-order valence-corrected chi connectivity index (χ2v) is 7.06. The molecule has 3 rings (SSSR count). The van der Waals surface area contributed by atoms with Crippen molar-refractivity contribution in [2.75, 3.05) is 6.26 Å². The zero-order valence-electron chi connectivity index (χ0n) is 9.16. The molecule has 0 aliphatic heterocycles. The van der Waals surface area contributed by atoms with Crippen LogP contribution in [0.1, 0.15) is 19.3 Å². The Bertz CT molecular complexity index is 549.